The van der Waals surface area contributed by atoms with Crippen LogP contribution in [0.3, 0.4) is 0 Å². The van der Waals surface area contributed by atoms with Crippen LogP contribution in [0, 0.1) is 5.41 Å². The van der Waals surface area contributed by atoms with E-state index in [9.17, 15) is 4.79 Å². The van der Waals surface area contributed by atoms with E-state index >= 15 is 0 Å². The van der Waals surface area contributed by atoms with E-state index in [-0.39, 0.29) is 11.3 Å². The van der Waals surface area contributed by atoms with Gasteiger partial charge in [0.2, 0.25) is 0 Å². The lowest BCUT2D eigenvalue weighted by molar-refractivity contribution is 0.0745. The molecule has 0 unspecified atom stereocenters. The number of nitrogens with zero attached hydrogens (tertiary/aromatic N) is 1. The van der Waals surface area contributed by atoms with E-state index in [1.54, 1.807) is 37.3 Å². The first-order chi connectivity index (χ1) is 8.24. The predicted octanol–water partition coefficient (Wildman–Crippen LogP) is 2.40. The molecule has 0 atom stereocenters. The van der Waals surface area contributed by atoms with Crippen molar-refractivity contribution in [2.45, 2.75) is 20.8 Å². The summed E-state index contributed by atoms with van der Waals surface area (Å²) in [5.41, 5.74) is 6.93. The van der Waals surface area contributed by atoms with Crippen LogP contribution in [0.1, 0.15) is 31.1 Å². The minimum absolute atomic E-state index is 0.0248. The molecule has 0 bridgehead atoms. The average Bonchev–Trinajstić information content (AvgIpc) is 2.26. The Kier molecular flexibility index (Phi) is 4.22. The Hall–Kier alpha value is -1.71. The van der Waals surface area contributed by atoms with Crippen molar-refractivity contribution in [1.82, 2.24) is 4.90 Å². The molecule has 0 spiro atoms. The molecule has 0 aromatic heterocycles. The van der Waals surface area contributed by atoms with Crippen LogP contribution < -0.4 is 10.5 Å². The van der Waals surface area contributed by atoms with Gasteiger partial charge in [-0.1, -0.05) is 20.8 Å². The van der Waals surface area contributed by atoms with Gasteiger partial charge in [0.1, 0.15) is 5.75 Å². The van der Waals surface area contributed by atoms with Crippen molar-refractivity contribution in [3.8, 4) is 5.75 Å². The van der Waals surface area contributed by atoms with E-state index in [1.165, 1.54) is 0 Å². The maximum atomic E-state index is 12.2. The number of nitrogen functional groups attached to an aromatic ring is 1. The predicted molar refractivity (Wildman–Crippen MR) is 73.8 cm³/mol. The molecule has 0 radical (unpaired) electrons. The third-order valence-corrected chi connectivity index (χ3v) is 2.54. The number of carbonyl (C=O) groups is 1. The fourth-order valence-electron chi connectivity index (χ4n) is 1.85. The summed E-state index contributed by atoms with van der Waals surface area (Å²) in [6.45, 7) is 6.99. The quantitative estimate of drug-likeness (QED) is 0.838. The number of benzene rings is 1. The second-order valence-electron chi connectivity index (χ2n) is 5.68. The van der Waals surface area contributed by atoms with Crippen LogP contribution in [0.25, 0.3) is 0 Å². The molecule has 0 aliphatic heterocycles. The second kappa shape index (κ2) is 5.29. The van der Waals surface area contributed by atoms with E-state index in [1.807, 2.05) is 0 Å². The number of ether oxygens (including phenoxy) is 1. The van der Waals surface area contributed by atoms with E-state index < -0.39 is 0 Å². The summed E-state index contributed by atoms with van der Waals surface area (Å²) < 4.78 is 5.12. The van der Waals surface area contributed by atoms with E-state index in [4.69, 9.17) is 10.5 Å². The molecule has 1 amide bonds. The highest BCUT2D eigenvalue weighted by Crippen LogP contribution is 2.23. The molecule has 18 heavy (non-hydrogen) atoms. The molecule has 4 nitrogen and oxygen atoms in total. The van der Waals surface area contributed by atoms with Gasteiger partial charge in [0, 0.05) is 19.2 Å². The third kappa shape index (κ3) is 3.65. The standard InChI is InChI=1S/C14H22N2O2/c1-14(2,3)9-16(4)13(17)10-6-7-11(15)12(8-10)18-5/h6-8H,9,15H2,1-5H3. The molecular formula is C14H22N2O2. The highest BCUT2D eigenvalue weighted by molar-refractivity contribution is 5.95. The summed E-state index contributed by atoms with van der Waals surface area (Å²) >= 11 is 0. The summed E-state index contributed by atoms with van der Waals surface area (Å²) in [4.78, 5) is 13.9. The van der Waals surface area contributed by atoms with Crippen LogP contribution in [0.15, 0.2) is 18.2 Å². The minimum Gasteiger partial charge on any atom is -0.495 e. The van der Waals surface area contributed by atoms with Gasteiger partial charge >= 0.3 is 0 Å². The van der Waals surface area contributed by atoms with Crippen molar-refractivity contribution >= 4 is 11.6 Å². The highest BCUT2D eigenvalue weighted by atomic mass is 16.5. The number of rotatable bonds is 3. The highest BCUT2D eigenvalue weighted by Gasteiger charge is 2.19. The van der Waals surface area contributed by atoms with Crippen LogP contribution in [0.4, 0.5) is 5.69 Å². The van der Waals surface area contributed by atoms with Crippen LogP contribution in [0.5, 0.6) is 5.75 Å². The fourth-order valence-corrected chi connectivity index (χ4v) is 1.85. The summed E-state index contributed by atoms with van der Waals surface area (Å²) in [7, 11) is 3.34. The first kappa shape index (κ1) is 14.4. The molecule has 1 rings (SSSR count). The first-order valence-electron chi connectivity index (χ1n) is 5.93. The van der Waals surface area contributed by atoms with Gasteiger partial charge < -0.3 is 15.4 Å². The second-order valence-corrected chi connectivity index (χ2v) is 5.68. The van der Waals surface area contributed by atoms with Gasteiger partial charge in [0.25, 0.3) is 5.91 Å². The SMILES string of the molecule is COc1cc(C(=O)N(C)CC(C)(C)C)ccc1N. The summed E-state index contributed by atoms with van der Waals surface area (Å²) in [5.74, 6) is 0.508. The lowest BCUT2D eigenvalue weighted by Crippen LogP contribution is -2.34. The van der Waals surface area contributed by atoms with Gasteiger partial charge in [-0.3, -0.25) is 4.79 Å². The van der Waals surface area contributed by atoms with Crippen LogP contribution in [0.2, 0.25) is 0 Å². The number of carbonyl (C=O) groups excluding carboxylic acids is 1. The number of hydrogen-bond acceptors (Lipinski definition) is 3. The third-order valence-electron chi connectivity index (χ3n) is 2.54. The van der Waals surface area contributed by atoms with E-state index in [0.29, 0.717) is 23.5 Å². The molecule has 0 heterocycles. The molecule has 0 saturated carbocycles. The molecule has 0 aliphatic rings. The van der Waals surface area contributed by atoms with Crippen molar-refractivity contribution < 1.29 is 9.53 Å². The monoisotopic (exact) mass is 250 g/mol. The average molecular weight is 250 g/mol. The van der Waals surface area contributed by atoms with E-state index in [2.05, 4.69) is 20.8 Å². The van der Waals surface area contributed by atoms with Gasteiger partial charge in [-0.25, -0.2) is 0 Å². The van der Waals surface area contributed by atoms with E-state index in [0.717, 1.165) is 0 Å². The Morgan fingerprint density at radius 1 is 1.39 bits per heavy atom. The topological polar surface area (TPSA) is 55.6 Å². The fraction of sp³-hybridized carbons (Fsp3) is 0.500. The van der Waals surface area contributed by atoms with Crippen molar-refractivity contribution in [3.05, 3.63) is 23.8 Å². The number of amides is 1. The van der Waals surface area contributed by atoms with Gasteiger partial charge in [-0.2, -0.15) is 0 Å². The number of hydrogen-bond donors (Lipinski definition) is 1. The Labute approximate surface area is 109 Å². The maximum absolute atomic E-state index is 12.2. The smallest absolute Gasteiger partial charge is 0.253 e. The van der Waals surface area contributed by atoms with Crippen LogP contribution >= 0.6 is 0 Å². The largest absolute Gasteiger partial charge is 0.495 e. The Bertz CT molecular complexity index is 436. The lowest BCUT2D eigenvalue weighted by atomic mass is 9.96. The Balaban J connectivity index is 2.90. The first-order valence-corrected chi connectivity index (χ1v) is 5.93. The Morgan fingerprint density at radius 2 is 2.00 bits per heavy atom. The summed E-state index contributed by atoms with van der Waals surface area (Å²) in [6.07, 6.45) is 0. The molecule has 0 aliphatic carbocycles. The molecule has 100 valence electrons. The number of anilines is 1. The molecule has 0 saturated heterocycles. The Morgan fingerprint density at radius 3 is 2.50 bits per heavy atom. The van der Waals surface area contributed by atoms with Crippen molar-refractivity contribution in [2.75, 3.05) is 26.4 Å². The molecule has 0 fully saturated rings. The van der Waals surface area contributed by atoms with Crippen LogP contribution in [-0.4, -0.2) is 31.5 Å². The van der Waals surface area contributed by atoms with Gasteiger partial charge in [-0.15, -0.1) is 0 Å². The summed E-state index contributed by atoms with van der Waals surface area (Å²) in [6, 6.07) is 5.09. The zero-order valence-electron chi connectivity index (χ0n) is 11.8. The zero-order valence-corrected chi connectivity index (χ0v) is 11.8. The molecular weight excluding hydrogens is 228 g/mol. The normalized spacial score (nSPS) is 11.2. The maximum Gasteiger partial charge on any atom is 0.253 e. The molecule has 4 heteroatoms. The molecule has 1 aromatic carbocycles. The molecule has 2 N–H and O–H groups in total. The lowest BCUT2D eigenvalue weighted by Gasteiger charge is -2.26. The molecule has 1 aromatic rings. The van der Waals surface area contributed by atoms with Gasteiger partial charge in [-0.05, 0) is 23.6 Å². The van der Waals surface area contributed by atoms with Gasteiger partial charge in [0.15, 0.2) is 0 Å². The number of methoxy groups -OCH3 is 1. The van der Waals surface area contributed by atoms with Gasteiger partial charge in [0.05, 0.1) is 12.8 Å². The summed E-state index contributed by atoms with van der Waals surface area (Å²) in [5, 5.41) is 0. The zero-order chi connectivity index (χ0) is 13.9. The van der Waals surface area contributed by atoms with Crippen LogP contribution in [-0.2, 0) is 0 Å². The van der Waals surface area contributed by atoms with Crippen molar-refractivity contribution in [3.63, 3.8) is 0 Å². The van der Waals surface area contributed by atoms with Crippen molar-refractivity contribution in [1.29, 1.82) is 0 Å². The van der Waals surface area contributed by atoms with Crippen molar-refractivity contribution in [2.24, 2.45) is 5.41 Å². The number of nitrogens with two attached hydrogens (primary N) is 1. The minimum atomic E-state index is -0.0248.